The number of hydrogen-bond acceptors (Lipinski definition) is 6. The van der Waals surface area contributed by atoms with Crippen LogP contribution < -0.4 is 0 Å². The number of carbonyl (C=O) groups is 4. The third-order valence-corrected chi connectivity index (χ3v) is 6.35. The molecule has 1 fully saturated rings. The van der Waals surface area contributed by atoms with Crippen molar-refractivity contribution in [1.82, 2.24) is 0 Å². The van der Waals surface area contributed by atoms with Crippen LogP contribution in [0, 0.1) is 11.8 Å². The van der Waals surface area contributed by atoms with Gasteiger partial charge in [-0.2, -0.15) is 8.78 Å². The maximum Gasteiger partial charge on any atom is 0.306 e. The number of alkyl halides is 2. The van der Waals surface area contributed by atoms with Crippen LogP contribution in [0.3, 0.4) is 0 Å². The molecular formula is C26H42F2O6. The highest BCUT2D eigenvalue weighted by Crippen LogP contribution is 2.35. The summed E-state index contributed by atoms with van der Waals surface area (Å²) < 4.78 is 38.1. The van der Waals surface area contributed by atoms with Crippen molar-refractivity contribution in [2.75, 3.05) is 13.7 Å². The van der Waals surface area contributed by atoms with Crippen LogP contribution in [0.2, 0.25) is 0 Å². The highest BCUT2D eigenvalue weighted by molar-refractivity contribution is 6.08. The Morgan fingerprint density at radius 2 is 1.47 bits per heavy atom. The zero-order chi connectivity index (χ0) is 25.6. The quantitative estimate of drug-likeness (QED) is 0.133. The minimum absolute atomic E-state index is 0.0220. The molecule has 0 radical (unpaired) electrons. The number of esters is 1. The molecule has 0 aromatic rings. The van der Waals surface area contributed by atoms with Crippen molar-refractivity contribution < 1.29 is 37.4 Å². The number of carbonyl (C=O) groups excluding carboxylic acids is 4. The summed E-state index contributed by atoms with van der Waals surface area (Å²) in [7, 11) is 1.49. The van der Waals surface area contributed by atoms with Gasteiger partial charge in [0.25, 0.3) is 0 Å². The van der Waals surface area contributed by atoms with Crippen LogP contribution in [0.25, 0.3) is 0 Å². The second kappa shape index (κ2) is 16.1. The molecule has 1 rings (SSSR count). The third kappa shape index (κ3) is 11.6. The SMILES string of the molecule is COCCCCC(F)(F)C(=O)CC[C@H]1C(=O)CC(=O)C1CCCCCCCCC(=O)OC(C)C. The predicted octanol–water partition coefficient (Wildman–Crippen LogP) is 5.63. The van der Waals surface area contributed by atoms with Gasteiger partial charge in [0, 0.05) is 44.8 Å². The lowest BCUT2D eigenvalue weighted by molar-refractivity contribution is -0.147. The minimum atomic E-state index is -3.40. The van der Waals surface area contributed by atoms with Crippen molar-refractivity contribution in [2.45, 2.75) is 116 Å². The van der Waals surface area contributed by atoms with E-state index in [1.165, 1.54) is 7.11 Å². The van der Waals surface area contributed by atoms with E-state index in [1.807, 2.05) is 13.8 Å². The first-order valence-corrected chi connectivity index (χ1v) is 12.7. The Morgan fingerprint density at radius 3 is 2.09 bits per heavy atom. The number of ketones is 3. The molecule has 0 N–H and O–H groups in total. The monoisotopic (exact) mass is 488 g/mol. The van der Waals surface area contributed by atoms with Gasteiger partial charge < -0.3 is 9.47 Å². The Morgan fingerprint density at radius 1 is 0.882 bits per heavy atom. The van der Waals surface area contributed by atoms with Crippen molar-refractivity contribution in [1.29, 1.82) is 0 Å². The number of hydrogen-bond donors (Lipinski definition) is 0. The maximum absolute atomic E-state index is 14.1. The van der Waals surface area contributed by atoms with E-state index < -0.39 is 30.0 Å². The van der Waals surface area contributed by atoms with Crippen LogP contribution >= 0.6 is 0 Å². The Bertz CT molecular complexity index is 662. The molecule has 0 aliphatic heterocycles. The second-order valence-electron chi connectivity index (χ2n) is 9.64. The van der Waals surface area contributed by atoms with Gasteiger partial charge in [-0.25, -0.2) is 0 Å². The average molecular weight is 489 g/mol. The first-order chi connectivity index (χ1) is 16.1. The lowest BCUT2D eigenvalue weighted by Gasteiger charge is -2.19. The third-order valence-electron chi connectivity index (χ3n) is 6.35. The molecular weight excluding hydrogens is 446 g/mol. The summed E-state index contributed by atoms with van der Waals surface area (Å²) in [5.74, 6) is -6.15. The van der Waals surface area contributed by atoms with Crippen molar-refractivity contribution in [2.24, 2.45) is 11.8 Å². The van der Waals surface area contributed by atoms with E-state index in [0.29, 0.717) is 25.9 Å². The van der Waals surface area contributed by atoms with Gasteiger partial charge in [-0.05, 0) is 46.0 Å². The van der Waals surface area contributed by atoms with E-state index in [0.717, 1.165) is 38.5 Å². The molecule has 1 unspecified atom stereocenters. The fourth-order valence-electron chi connectivity index (χ4n) is 4.47. The van der Waals surface area contributed by atoms with E-state index >= 15 is 0 Å². The fraction of sp³-hybridized carbons (Fsp3) is 0.846. The number of Topliss-reactive ketones (excluding diaryl/α,β-unsaturated/α-hetero) is 3. The minimum Gasteiger partial charge on any atom is -0.463 e. The number of unbranched alkanes of at least 4 members (excludes halogenated alkanes) is 6. The Hall–Kier alpha value is -1.70. The van der Waals surface area contributed by atoms with Gasteiger partial charge >= 0.3 is 11.9 Å². The molecule has 0 bridgehead atoms. The fourth-order valence-corrected chi connectivity index (χ4v) is 4.47. The van der Waals surface area contributed by atoms with Gasteiger partial charge in [0.05, 0.1) is 12.5 Å². The summed E-state index contributed by atoms with van der Waals surface area (Å²) in [6, 6.07) is 0. The summed E-state index contributed by atoms with van der Waals surface area (Å²) in [5.41, 5.74) is 0. The molecule has 34 heavy (non-hydrogen) atoms. The highest BCUT2D eigenvalue weighted by Gasteiger charge is 2.43. The molecule has 0 saturated heterocycles. The van der Waals surface area contributed by atoms with Gasteiger partial charge in [0.2, 0.25) is 5.78 Å². The molecule has 196 valence electrons. The lowest BCUT2D eigenvalue weighted by Crippen LogP contribution is -2.30. The molecule has 0 aromatic carbocycles. The molecule has 0 amide bonds. The summed E-state index contributed by atoms with van der Waals surface area (Å²) in [4.78, 5) is 48.1. The maximum atomic E-state index is 14.1. The van der Waals surface area contributed by atoms with Gasteiger partial charge in [-0.3, -0.25) is 19.2 Å². The molecule has 6 nitrogen and oxygen atoms in total. The van der Waals surface area contributed by atoms with Crippen molar-refractivity contribution in [3.63, 3.8) is 0 Å². The van der Waals surface area contributed by atoms with Crippen molar-refractivity contribution in [3.05, 3.63) is 0 Å². The number of ether oxygens (including phenoxy) is 2. The van der Waals surface area contributed by atoms with E-state index in [1.54, 1.807) is 0 Å². The van der Waals surface area contributed by atoms with Gasteiger partial charge in [-0.15, -0.1) is 0 Å². The number of rotatable bonds is 19. The van der Waals surface area contributed by atoms with Crippen LogP contribution in [0.15, 0.2) is 0 Å². The predicted molar refractivity (Wildman–Crippen MR) is 125 cm³/mol. The number of methoxy groups -OCH3 is 1. The molecule has 1 saturated carbocycles. The molecule has 1 aliphatic carbocycles. The second-order valence-corrected chi connectivity index (χ2v) is 9.64. The Labute approximate surface area is 202 Å². The summed E-state index contributed by atoms with van der Waals surface area (Å²) in [6.07, 6.45) is 5.84. The first-order valence-electron chi connectivity index (χ1n) is 12.7. The smallest absolute Gasteiger partial charge is 0.306 e. The largest absolute Gasteiger partial charge is 0.463 e. The average Bonchev–Trinajstić information content (AvgIpc) is 3.02. The Kier molecular flexibility index (Phi) is 14.3. The van der Waals surface area contributed by atoms with Crippen molar-refractivity contribution in [3.8, 4) is 0 Å². The molecule has 0 spiro atoms. The Balaban J connectivity index is 2.31. The van der Waals surface area contributed by atoms with E-state index in [4.69, 9.17) is 9.47 Å². The highest BCUT2D eigenvalue weighted by atomic mass is 19.3. The standard InChI is InChI=1S/C26H42F2O6/c1-19(2)34-25(32)13-9-7-5-4-6-8-12-20-21(23(30)18-22(20)29)14-15-24(31)26(27,28)16-10-11-17-33-3/h19-21H,4-18H2,1-3H3/t20?,21-/m1/s1. The van der Waals surface area contributed by atoms with Crippen LogP contribution in [0.4, 0.5) is 8.78 Å². The molecule has 8 heteroatoms. The van der Waals surface area contributed by atoms with Gasteiger partial charge in [0.1, 0.15) is 11.6 Å². The van der Waals surface area contributed by atoms with E-state index in [9.17, 15) is 28.0 Å². The summed E-state index contributed by atoms with van der Waals surface area (Å²) >= 11 is 0. The van der Waals surface area contributed by atoms with Crippen LogP contribution in [-0.2, 0) is 28.7 Å². The topological polar surface area (TPSA) is 86.7 Å². The molecule has 1 aliphatic rings. The molecule has 2 atom stereocenters. The van der Waals surface area contributed by atoms with Gasteiger partial charge in [-0.1, -0.05) is 32.1 Å². The zero-order valence-corrected chi connectivity index (χ0v) is 21.0. The van der Waals surface area contributed by atoms with Crippen LogP contribution in [0.5, 0.6) is 0 Å². The van der Waals surface area contributed by atoms with Crippen LogP contribution in [-0.4, -0.2) is 49.1 Å². The molecule has 0 heterocycles. The summed E-state index contributed by atoms with van der Waals surface area (Å²) in [5, 5.41) is 0. The van der Waals surface area contributed by atoms with Gasteiger partial charge in [0.15, 0.2) is 0 Å². The summed E-state index contributed by atoms with van der Waals surface area (Å²) in [6.45, 7) is 4.02. The lowest BCUT2D eigenvalue weighted by atomic mass is 9.85. The van der Waals surface area contributed by atoms with E-state index in [-0.39, 0.29) is 49.3 Å². The van der Waals surface area contributed by atoms with Crippen LogP contribution in [0.1, 0.15) is 104 Å². The first kappa shape index (κ1) is 30.3. The zero-order valence-electron chi connectivity index (χ0n) is 21.0. The molecule has 0 aromatic heterocycles. The van der Waals surface area contributed by atoms with Crippen molar-refractivity contribution >= 4 is 23.3 Å². The van der Waals surface area contributed by atoms with E-state index in [2.05, 4.69) is 0 Å². The number of halogens is 2. The normalized spacial score (nSPS) is 18.6.